The fourth-order valence-electron chi connectivity index (χ4n) is 2.59. The Kier molecular flexibility index (Phi) is 5.28. The van der Waals surface area contributed by atoms with Crippen LogP contribution in [0.15, 0.2) is 42.5 Å². The van der Waals surface area contributed by atoms with Gasteiger partial charge in [0.15, 0.2) is 11.5 Å². The average molecular weight is 342 g/mol. The number of fused-ring (bicyclic) bond motifs is 1. The molecule has 6 nitrogen and oxygen atoms in total. The molecule has 2 aromatic carbocycles. The van der Waals surface area contributed by atoms with Crippen molar-refractivity contribution in [3.8, 4) is 17.2 Å². The fourth-order valence-corrected chi connectivity index (χ4v) is 2.59. The second-order valence-corrected chi connectivity index (χ2v) is 5.86. The van der Waals surface area contributed by atoms with Gasteiger partial charge in [-0.2, -0.15) is 0 Å². The van der Waals surface area contributed by atoms with Crippen LogP contribution in [0.1, 0.15) is 5.56 Å². The third kappa shape index (κ3) is 4.35. The van der Waals surface area contributed by atoms with Gasteiger partial charge in [0.2, 0.25) is 5.91 Å². The number of carbonyl (C=O) groups excluding carboxylic acids is 1. The average Bonchev–Trinajstić information content (AvgIpc) is 2.64. The van der Waals surface area contributed by atoms with E-state index in [0.29, 0.717) is 24.7 Å². The summed E-state index contributed by atoms with van der Waals surface area (Å²) in [5.41, 5.74) is 1.89. The number of anilines is 1. The predicted octanol–water partition coefficient (Wildman–Crippen LogP) is 2.37. The number of nitrogens with one attached hydrogen (secondary N) is 2. The number of aryl methyl sites for hydroxylation is 1. The first-order chi connectivity index (χ1) is 12.2. The molecule has 1 unspecified atom stereocenters. The maximum Gasteiger partial charge on any atom is 0.239 e. The van der Waals surface area contributed by atoms with Gasteiger partial charge in [0.25, 0.3) is 0 Å². The molecular formula is C19H22N2O4. The molecule has 132 valence electrons. The number of carbonyl (C=O) groups is 1. The Bertz CT molecular complexity index is 748. The zero-order chi connectivity index (χ0) is 17.6. The fraction of sp³-hybridized carbons (Fsp3) is 0.316. The molecule has 25 heavy (non-hydrogen) atoms. The molecule has 0 bridgehead atoms. The number of hydrogen-bond acceptors (Lipinski definition) is 5. The first-order valence-corrected chi connectivity index (χ1v) is 8.19. The zero-order valence-electron chi connectivity index (χ0n) is 14.4. The molecule has 1 atom stereocenters. The van der Waals surface area contributed by atoms with Gasteiger partial charge in [-0.3, -0.25) is 4.79 Å². The number of methoxy groups -OCH3 is 1. The Morgan fingerprint density at radius 1 is 1.24 bits per heavy atom. The lowest BCUT2D eigenvalue weighted by atomic mass is 10.2. The summed E-state index contributed by atoms with van der Waals surface area (Å²) in [5.74, 6) is 2.03. The van der Waals surface area contributed by atoms with Gasteiger partial charge in [0.1, 0.15) is 18.5 Å². The summed E-state index contributed by atoms with van der Waals surface area (Å²) in [4.78, 5) is 12.1. The second-order valence-electron chi connectivity index (χ2n) is 5.86. The van der Waals surface area contributed by atoms with Crippen LogP contribution in [0.4, 0.5) is 5.69 Å². The minimum Gasteiger partial charge on any atom is -0.495 e. The maximum absolute atomic E-state index is 12.1. The van der Waals surface area contributed by atoms with Crippen LogP contribution in [-0.2, 0) is 4.79 Å². The quantitative estimate of drug-likeness (QED) is 0.843. The van der Waals surface area contributed by atoms with E-state index in [9.17, 15) is 4.79 Å². The van der Waals surface area contributed by atoms with E-state index < -0.39 is 0 Å². The second kappa shape index (κ2) is 7.79. The minimum atomic E-state index is -0.202. The molecule has 6 heteroatoms. The first kappa shape index (κ1) is 17.0. The van der Waals surface area contributed by atoms with Crippen LogP contribution in [0.25, 0.3) is 0 Å². The molecule has 1 aliphatic heterocycles. The van der Waals surface area contributed by atoms with Crippen molar-refractivity contribution >= 4 is 11.6 Å². The molecule has 2 N–H and O–H groups in total. The summed E-state index contributed by atoms with van der Waals surface area (Å²) in [6.07, 6.45) is -0.202. The topological polar surface area (TPSA) is 68.8 Å². The minimum absolute atomic E-state index is 0.119. The highest BCUT2D eigenvalue weighted by molar-refractivity contribution is 5.81. The van der Waals surface area contributed by atoms with Crippen molar-refractivity contribution in [3.63, 3.8) is 0 Å². The Hall–Kier alpha value is -2.89. The zero-order valence-corrected chi connectivity index (χ0v) is 14.4. The number of amides is 1. The van der Waals surface area contributed by atoms with Crippen LogP contribution < -0.4 is 24.8 Å². The molecule has 0 radical (unpaired) electrons. The van der Waals surface area contributed by atoms with E-state index in [2.05, 4.69) is 10.6 Å². The molecule has 1 heterocycles. The van der Waals surface area contributed by atoms with Crippen LogP contribution in [0.3, 0.4) is 0 Å². The van der Waals surface area contributed by atoms with Gasteiger partial charge in [-0.05, 0) is 36.8 Å². The molecule has 1 amide bonds. The summed E-state index contributed by atoms with van der Waals surface area (Å²) in [5, 5.41) is 5.96. The molecule has 3 rings (SSSR count). The molecule has 2 aromatic rings. The maximum atomic E-state index is 12.1. The third-order valence-corrected chi connectivity index (χ3v) is 3.89. The van der Waals surface area contributed by atoms with Gasteiger partial charge >= 0.3 is 0 Å². The Labute approximate surface area is 147 Å². The molecule has 0 aliphatic carbocycles. The van der Waals surface area contributed by atoms with Gasteiger partial charge in [-0.15, -0.1) is 0 Å². The van der Waals surface area contributed by atoms with Gasteiger partial charge in [0.05, 0.1) is 25.9 Å². The van der Waals surface area contributed by atoms with E-state index in [1.54, 1.807) is 7.11 Å². The van der Waals surface area contributed by atoms with Crippen molar-refractivity contribution < 1.29 is 19.0 Å². The molecule has 0 spiro atoms. The smallest absolute Gasteiger partial charge is 0.239 e. The van der Waals surface area contributed by atoms with E-state index in [0.717, 1.165) is 17.0 Å². The molecule has 0 fully saturated rings. The van der Waals surface area contributed by atoms with Crippen molar-refractivity contribution in [1.82, 2.24) is 5.32 Å². The Morgan fingerprint density at radius 2 is 2.04 bits per heavy atom. The van der Waals surface area contributed by atoms with Crippen LogP contribution in [0, 0.1) is 6.92 Å². The van der Waals surface area contributed by atoms with Crippen molar-refractivity contribution in [2.24, 2.45) is 0 Å². The van der Waals surface area contributed by atoms with Crippen molar-refractivity contribution in [2.75, 3.05) is 32.1 Å². The highest BCUT2D eigenvalue weighted by Crippen LogP contribution is 2.30. The van der Waals surface area contributed by atoms with E-state index in [-0.39, 0.29) is 18.6 Å². The van der Waals surface area contributed by atoms with E-state index in [1.807, 2.05) is 49.4 Å². The summed E-state index contributed by atoms with van der Waals surface area (Å²) < 4.78 is 16.7. The molecule has 0 saturated carbocycles. The van der Waals surface area contributed by atoms with Crippen LogP contribution >= 0.6 is 0 Å². The van der Waals surface area contributed by atoms with Gasteiger partial charge < -0.3 is 24.8 Å². The molecular weight excluding hydrogens is 320 g/mol. The van der Waals surface area contributed by atoms with Gasteiger partial charge in [-0.1, -0.05) is 18.2 Å². The predicted molar refractivity (Wildman–Crippen MR) is 95.6 cm³/mol. The van der Waals surface area contributed by atoms with Crippen LogP contribution in [-0.4, -0.2) is 38.8 Å². The summed E-state index contributed by atoms with van der Waals surface area (Å²) in [6, 6.07) is 13.3. The summed E-state index contributed by atoms with van der Waals surface area (Å²) in [6.45, 7) is 2.95. The van der Waals surface area contributed by atoms with E-state index in [4.69, 9.17) is 14.2 Å². The lowest BCUT2D eigenvalue weighted by molar-refractivity contribution is -0.119. The normalized spacial score (nSPS) is 15.4. The Morgan fingerprint density at radius 3 is 2.84 bits per heavy atom. The molecule has 0 aromatic heterocycles. The standard InChI is InChI=1S/C19H22N2O4/c1-13-7-8-16(23-2)15(9-13)20-11-19(22)21-10-14-12-24-17-5-3-4-6-18(17)25-14/h3-9,14,20H,10-12H2,1-2H3,(H,21,22). The number of para-hydroxylation sites is 2. The van der Waals surface area contributed by atoms with Crippen molar-refractivity contribution in [3.05, 3.63) is 48.0 Å². The SMILES string of the molecule is COc1ccc(C)cc1NCC(=O)NCC1COc2ccccc2O1. The van der Waals surface area contributed by atoms with Crippen molar-refractivity contribution in [1.29, 1.82) is 0 Å². The first-order valence-electron chi connectivity index (χ1n) is 8.19. The largest absolute Gasteiger partial charge is 0.495 e. The summed E-state index contributed by atoms with van der Waals surface area (Å²) in [7, 11) is 1.61. The monoisotopic (exact) mass is 342 g/mol. The number of ether oxygens (including phenoxy) is 3. The third-order valence-electron chi connectivity index (χ3n) is 3.89. The van der Waals surface area contributed by atoms with Gasteiger partial charge in [0, 0.05) is 0 Å². The lowest BCUT2D eigenvalue weighted by Gasteiger charge is -2.26. The Balaban J connectivity index is 1.47. The van der Waals surface area contributed by atoms with E-state index >= 15 is 0 Å². The molecule has 1 aliphatic rings. The number of rotatable bonds is 6. The van der Waals surface area contributed by atoms with Crippen molar-refractivity contribution in [2.45, 2.75) is 13.0 Å². The lowest BCUT2D eigenvalue weighted by Crippen LogP contribution is -2.42. The number of benzene rings is 2. The van der Waals surface area contributed by atoms with Crippen LogP contribution in [0.2, 0.25) is 0 Å². The number of hydrogen-bond donors (Lipinski definition) is 2. The summed E-state index contributed by atoms with van der Waals surface area (Å²) >= 11 is 0. The van der Waals surface area contributed by atoms with Gasteiger partial charge in [-0.25, -0.2) is 0 Å². The van der Waals surface area contributed by atoms with Crippen LogP contribution in [0.5, 0.6) is 17.2 Å². The van der Waals surface area contributed by atoms with E-state index in [1.165, 1.54) is 0 Å². The highest BCUT2D eigenvalue weighted by Gasteiger charge is 2.20. The molecule has 0 saturated heterocycles. The highest BCUT2D eigenvalue weighted by atomic mass is 16.6.